The third-order valence-corrected chi connectivity index (χ3v) is 2.56. The highest BCUT2D eigenvalue weighted by Crippen LogP contribution is 2.34. The molecule has 1 aliphatic rings. The number of nitrogens with zero attached hydrogens (tertiary/aromatic N) is 2. The van der Waals surface area contributed by atoms with Crippen LogP contribution in [0.1, 0.15) is 18.2 Å². The quantitative estimate of drug-likeness (QED) is 0.751. The molecule has 2 rings (SSSR count). The molecular weight excluding hydrogens is 184 g/mol. The number of rotatable bonds is 2. The van der Waals surface area contributed by atoms with Crippen LogP contribution in [0.5, 0.6) is 0 Å². The lowest BCUT2D eigenvalue weighted by atomic mass is 9.99. The fraction of sp³-hybridized carbons (Fsp3) is 0.556. The number of carboxylic acid groups (broad SMARTS) is 1. The zero-order valence-corrected chi connectivity index (χ0v) is 7.88. The number of aryl methyl sites for hydroxylation is 1. The molecule has 1 aromatic rings. The molecule has 1 saturated heterocycles. The van der Waals surface area contributed by atoms with Crippen LogP contribution in [-0.4, -0.2) is 27.5 Å². The van der Waals surface area contributed by atoms with Gasteiger partial charge in [-0.05, 0) is 12.5 Å². The molecule has 0 spiro atoms. The molecule has 1 aromatic heterocycles. The maximum Gasteiger partial charge on any atom is 0.309 e. The Hall–Kier alpha value is -1.36. The molecule has 0 radical (unpaired) electrons. The number of carbonyl (C=O) groups is 1. The van der Waals surface area contributed by atoms with E-state index >= 15 is 0 Å². The first kappa shape index (κ1) is 9.21. The van der Waals surface area contributed by atoms with E-state index in [2.05, 4.69) is 5.10 Å². The van der Waals surface area contributed by atoms with Crippen molar-refractivity contribution in [2.75, 3.05) is 6.61 Å². The van der Waals surface area contributed by atoms with Crippen LogP contribution in [0.15, 0.2) is 12.3 Å². The molecule has 0 bridgehead atoms. The second-order valence-corrected chi connectivity index (χ2v) is 3.40. The summed E-state index contributed by atoms with van der Waals surface area (Å²) < 4.78 is 7.07. The molecule has 1 fully saturated rings. The van der Waals surface area contributed by atoms with Gasteiger partial charge in [-0.15, -0.1) is 0 Å². The zero-order valence-electron chi connectivity index (χ0n) is 7.88. The van der Waals surface area contributed by atoms with Crippen LogP contribution in [0.2, 0.25) is 0 Å². The second kappa shape index (κ2) is 3.42. The zero-order chi connectivity index (χ0) is 10.1. The van der Waals surface area contributed by atoms with Gasteiger partial charge in [-0.1, -0.05) is 0 Å². The maximum atomic E-state index is 10.9. The van der Waals surface area contributed by atoms with E-state index in [1.54, 1.807) is 24.0 Å². The first-order chi connectivity index (χ1) is 6.70. The molecule has 0 amide bonds. The van der Waals surface area contributed by atoms with Crippen LogP contribution in [0.25, 0.3) is 0 Å². The predicted octanol–water partition coefficient (Wildman–Crippen LogP) is 0.582. The first-order valence-electron chi connectivity index (χ1n) is 4.52. The van der Waals surface area contributed by atoms with E-state index in [0.717, 1.165) is 5.69 Å². The molecule has 5 heteroatoms. The molecule has 2 atom stereocenters. The highest BCUT2D eigenvalue weighted by atomic mass is 16.5. The summed E-state index contributed by atoms with van der Waals surface area (Å²) in [6.45, 7) is 0.507. The Balaban J connectivity index is 2.26. The third-order valence-electron chi connectivity index (χ3n) is 2.56. The van der Waals surface area contributed by atoms with Crippen molar-refractivity contribution in [1.29, 1.82) is 0 Å². The van der Waals surface area contributed by atoms with Gasteiger partial charge in [0.15, 0.2) is 0 Å². The number of carboxylic acids is 1. The number of hydrogen-bond donors (Lipinski definition) is 1. The summed E-state index contributed by atoms with van der Waals surface area (Å²) in [5.74, 6) is -1.24. The summed E-state index contributed by atoms with van der Waals surface area (Å²) in [5, 5.41) is 13.0. The minimum atomic E-state index is -0.797. The van der Waals surface area contributed by atoms with E-state index in [1.807, 2.05) is 0 Å². The SMILES string of the molecule is Cn1nccc1[C@H]1OCC[C@H]1C(=O)O. The largest absolute Gasteiger partial charge is 0.481 e. The Morgan fingerprint density at radius 1 is 1.79 bits per heavy atom. The van der Waals surface area contributed by atoms with Crippen molar-refractivity contribution in [3.63, 3.8) is 0 Å². The van der Waals surface area contributed by atoms with Gasteiger partial charge in [0.05, 0.1) is 11.6 Å². The van der Waals surface area contributed by atoms with Gasteiger partial charge in [-0.3, -0.25) is 9.48 Å². The summed E-state index contributed by atoms with van der Waals surface area (Å²) >= 11 is 0. The summed E-state index contributed by atoms with van der Waals surface area (Å²) in [7, 11) is 1.79. The van der Waals surface area contributed by atoms with Crippen molar-refractivity contribution < 1.29 is 14.6 Å². The van der Waals surface area contributed by atoms with Crippen molar-refractivity contribution in [1.82, 2.24) is 9.78 Å². The van der Waals surface area contributed by atoms with Crippen LogP contribution >= 0.6 is 0 Å². The minimum absolute atomic E-state index is 0.347. The predicted molar refractivity (Wildman–Crippen MR) is 47.6 cm³/mol. The molecule has 1 N–H and O–H groups in total. The Kier molecular flexibility index (Phi) is 2.25. The van der Waals surface area contributed by atoms with Crippen LogP contribution < -0.4 is 0 Å². The van der Waals surface area contributed by atoms with Crippen molar-refractivity contribution in [3.8, 4) is 0 Å². The van der Waals surface area contributed by atoms with E-state index in [4.69, 9.17) is 9.84 Å². The van der Waals surface area contributed by atoms with Gasteiger partial charge in [-0.25, -0.2) is 0 Å². The highest BCUT2D eigenvalue weighted by molar-refractivity contribution is 5.71. The topological polar surface area (TPSA) is 64.4 Å². The van der Waals surface area contributed by atoms with Crippen LogP contribution in [0.3, 0.4) is 0 Å². The molecule has 0 unspecified atom stereocenters. The van der Waals surface area contributed by atoms with Crippen molar-refractivity contribution >= 4 is 5.97 Å². The van der Waals surface area contributed by atoms with Crippen LogP contribution in [0, 0.1) is 5.92 Å². The summed E-state index contributed by atoms with van der Waals surface area (Å²) in [4.78, 5) is 10.9. The fourth-order valence-corrected chi connectivity index (χ4v) is 1.80. The third kappa shape index (κ3) is 1.39. The fourth-order valence-electron chi connectivity index (χ4n) is 1.80. The van der Waals surface area contributed by atoms with Gasteiger partial charge in [0.25, 0.3) is 0 Å². The molecule has 1 aliphatic heterocycles. The minimum Gasteiger partial charge on any atom is -0.481 e. The van der Waals surface area contributed by atoms with Gasteiger partial charge in [0.2, 0.25) is 0 Å². The standard InChI is InChI=1S/C9H12N2O3/c1-11-7(2-4-10-11)8-6(9(12)13)3-5-14-8/h2,4,6,8H,3,5H2,1H3,(H,12,13)/t6-,8+/m1/s1. The van der Waals surface area contributed by atoms with Crippen molar-refractivity contribution in [3.05, 3.63) is 18.0 Å². The van der Waals surface area contributed by atoms with E-state index in [9.17, 15) is 4.79 Å². The number of aliphatic carboxylic acids is 1. The molecule has 2 heterocycles. The summed E-state index contributed by atoms with van der Waals surface area (Å²) in [6.07, 6.45) is 1.88. The van der Waals surface area contributed by atoms with Gasteiger partial charge < -0.3 is 9.84 Å². The highest BCUT2D eigenvalue weighted by Gasteiger charge is 2.36. The Morgan fingerprint density at radius 3 is 3.14 bits per heavy atom. The van der Waals surface area contributed by atoms with E-state index in [1.165, 1.54) is 0 Å². The molecule has 5 nitrogen and oxygen atoms in total. The smallest absolute Gasteiger partial charge is 0.309 e. The van der Waals surface area contributed by atoms with Crippen LogP contribution in [-0.2, 0) is 16.6 Å². The van der Waals surface area contributed by atoms with Crippen LogP contribution in [0.4, 0.5) is 0 Å². The molecule has 14 heavy (non-hydrogen) atoms. The molecular formula is C9H12N2O3. The second-order valence-electron chi connectivity index (χ2n) is 3.40. The number of aromatic nitrogens is 2. The van der Waals surface area contributed by atoms with Gasteiger partial charge in [0.1, 0.15) is 6.10 Å². The number of ether oxygens (including phenoxy) is 1. The normalized spacial score (nSPS) is 26.6. The lowest BCUT2D eigenvalue weighted by Gasteiger charge is -2.14. The molecule has 0 saturated carbocycles. The van der Waals surface area contributed by atoms with Crippen molar-refractivity contribution in [2.45, 2.75) is 12.5 Å². The lowest BCUT2D eigenvalue weighted by Crippen LogP contribution is -2.19. The average Bonchev–Trinajstić information content (AvgIpc) is 2.70. The average molecular weight is 196 g/mol. The van der Waals surface area contributed by atoms with E-state index in [-0.39, 0.29) is 6.10 Å². The van der Waals surface area contributed by atoms with Crippen molar-refractivity contribution in [2.24, 2.45) is 13.0 Å². The first-order valence-corrected chi connectivity index (χ1v) is 4.52. The molecule has 0 aromatic carbocycles. The Labute approximate surface area is 81.3 Å². The maximum absolute atomic E-state index is 10.9. The molecule has 0 aliphatic carbocycles. The summed E-state index contributed by atoms with van der Waals surface area (Å²) in [5.41, 5.74) is 0.829. The summed E-state index contributed by atoms with van der Waals surface area (Å²) in [6, 6.07) is 1.80. The lowest BCUT2D eigenvalue weighted by molar-refractivity contribution is -0.143. The van der Waals surface area contributed by atoms with Gasteiger partial charge in [-0.2, -0.15) is 5.10 Å². The van der Waals surface area contributed by atoms with E-state index < -0.39 is 11.9 Å². The molecule has 76 valence electrons. The number of hydrogen-bond acceptors (Lipinski definition) is 3. The van der Waals surface area contributed by atoms with E-state index in [0.29, 0.717) is 13.0 Å². The van der Waals surface area contributed by atoms with Gasteiger partial charge >= 0.3 is 5.97 Å². The monoisotopic (exact) mass is 196 g/mol. The van der Waals surface area contributed by atoms with Gasteiger partial charge in [0, 0.05) is 19.9 Å². The Morgan fingerprint density at radius 2 is 2.57 bits per heavy atom. The Bertz CT molecular complexity index is 348.